The average Bonchev–Trinajstić information content (AvgIpc) is 1.55. The van der Waals surface area contributed by atoms with Gasteiger partial charge in [0.25, 0.3) is 0 Å². The quantitative estimate of drug-likeness (QED) is 0.168. The Hall–Kier alpha value is -7.62. The molecule has 0 unspecified atom stereocenters. The fraction of sp³-hybridized carbons (Fsp3) is 0.0357. The Morgan fingerprint density at radius 2 is 0.966 bits per heavy atom. The molecule has 0 atom stereocenters. The van der Waals surface area contributed by atoms with Crippen LogP contribution in [0.1, 0.15) is 74.4 Å². The lowest BCUT2D eigenvalue weighted by molar-refractivity contribution is 0.668. The smallest absolute Gasteiger partial charge is 0.137 e. The Labute approximate surface area is 389 Å². The molecule has 11 aromatic rings. The first-order chi connectivity index (χ1) is 43.3. The number of hydrogen-bond donors (Lipinski definition) is 0. The summed E-state index contributed by atoms with van der Waals surface area (Å²) in [6.45, 7) is 1.03. The molecule has 278 valence electrons. The molecule has 0 N–H and O–H groups in total. The normalized spacial score (nSPS) is 21.0. The van der Waals surface area contributed by atoms with E-state index in [0.29, 0.717) is 4.90 Å². The van der Waals surface area contributed by atoms with Crippen LogP contribution in [0.3, 0.4) is 0 Å². The van der Waals surface area contributed by atoms with Gasteiger partial charge in [0, 0.05) is 27.5 Å². The van der Waals surface area contributed by atoms with Crippen LogP contribution >= 0.6 is 0 Å². The van der Waals surface area contributed by atoms with Crippen LogP contribution in [0.25, 0.3) is 66.1 Å². The lowest BCUT2D eigenvalue weighted by atomic mass is 9.67. The van der Waals surface area contributed by atoms with Crippen molar-refractivity contribution in [2.75, 3.05) is 4.90 Å². The highest BCUT2D eigenvalue weighted by molar-refractivity contribution is 6.14. The van der Waals surface area contributed by atoms with Crippen LogP contribution in [0.2, 0.25) is 0 Å². The molecule has 2 aromatic heterocycles. The SMILES string of the molecule is [2H]c1c([2H])c([2H])c(C2(c3c([2H])c([2H])c([2H])c(N(c4c([2H])c([2H])c(-c5c([2H])c([2H])c([2H])c6oc7c([2H])c([2H])c([2H])c([2H])c7c56)c([2H])c4C)c4c([2H])c([2H])c([2H])c5oc6c([2H])c([2H])c([2H])c([2H])c6c45)c3[2H])c3c([2H])c([2H])c([2H])c([2H])c3-c3c([2H])c([2H])c([2H])c([2H])c32)c([2H])c1[2H]. The predicted octanol–water partition coefficient (Wildman–Crippen LogP) is 15.3. The number of furan rings is 2. The van der Waals surface area contributed by atoms with Crippen LogP contribution in [0.4, 0.5) is 17.1 Å². The molecule has 9 aromatic carbocycles. The first kappa shape index (κ1) is 14.0. The Morgan fingerprint density at radius 3 is 1.69 bits per heavy atom. The van der Waals surface area contributed by atoms with Gasteiger partial charge >= 0.3 is 0 Å². The van der Waals surface area contributed by atoms with Crippen LogP contribution in [0.15, 0.2) is 214 Å². The van der Waals surface area contributed by atoms with Gasteiger partial charge < -0.3 is 13.7 Å². The minimum atomic E-state index is -3.48. The van der Waals surface area contributed by atoms with Crippen molar-refractivity contribution in [3.63, 3.8) is 0 Å². The molecule has 0 aliphatic heterocycles. The summed E-state index contributed by atoms with van der Waals surface area (Å²) in [6.07, 6.45) is 0. The molecule has 3 nitrogen and oxygen atoms in total. The first-order valence-corrected chi connectivity index (χ1v) is 17.5. The zero-order valence-corrected chi connectivity index (χ0v) is 29.8. The average molecular weight is 790 g/mol. The molecular formula is C56H37NO2. The lowest BCUT2D eigenvalue weighted by Crippen LogP contribution is -2.28. The van der Waals surface area contributed by atoms with Gasteiger partial charge in [0.1, 0.15) is 22.3 Å². The van der Waals surface area contributed by atoms with Crippen molar-refractivity contribution in [3.8, 4) is 22.3 Å². The van der Waals surface area contributed by atoms with E-state index < -0.39 is 322 Å². The van der Waals surface area contributed by atoms with Gasteiger partial charge in [0.05, 0.1) is 63.1 Å². The highest BCUT2D eigenvalue weighted by atomic mass is 16.3. The third kappa shape index (κ3) is 4.88. The van der Waals surface area contributed by atoms with Crippen molar-refractivity contribution in [1.82, 2.24) is 0 Å². The Morgan fingerprint density at radius 1 is 0.424 bits per heavy atom. The summed E-state index contributed by atoms with van der Waals surface area (Å²) in [5, 5.41) is -2.49. The number of benzene rings is 9. The van der Waals surface area contributed by atoms with Gasteiger partial charge in [-0.05, 0) is 111 Å². The maximum atomic E-state index is 10.8. The minimum Gasteiger partial charge on any atom is -0.456 e. The number of hydrogen-bond acceptors (Lipinski definition) is 3. The summed E-state index contributed by atoms with van der Waals surface area (Å²) < 4.78 is 328. The van der Waals surface area contributed by atoms with Crippen molar-refractivity contribution in [1.29, 1.82) is 0 Å². The van der Waals surface area contributed by atoms with Crippen molar-refractivity contribution in [2.45, 2.75) is 12.3 Å². The van der Waals surface area contributed by atoms with E-state index in [2.05, 4.69) is 0 Å². The fourth-order valence-electron chi connectivity index (χ4n) is 7.62. The number of para-hydroxylation sites is 2. The van der Waals surface area contributed by atoms with E-state index in [1.54, 1.807) is 0 Å². The molecule has 0 saturated heterocycles. The lowest BCUT2D eigenvalue weighted by Gasteiger charge is -2.35. The largest absolute Gasteiger partial charge is 0.456 e. The second-order valence-electron chi connectivity index (χ2n) is 13.0. The molecule has 59 heavy (non-hydrogen) atoms. The second-order valence-corrected chi connectivity index (χ2v) is 13.0. The summed E-state index contributed by atoms with van der Waals surface area (Å²) in [5.41, 5.74) is -17.9. The molecule has 0 saturated carbocycles. The molecule has 0 fully saturated rings. The van der Waals surface area contributed by atoms with Crippen molar-refractivity contribution < 1.29 is 55.4 Å². The maximum absolute atomic E-state index is 10.8. The Bertz CT molecular complexity index is 5290. The van der Waals surface area contributed by atoms with Gasteiger partial charge in [0.2, 0.25) is 0 Å². The van der Waals surface area contributed by atoms with Gasteiger partial charge in [-0.1, -0.05) is 151 Å². The zero-order chi connectivity index (χ0) is 68.7. The minimum absolute atomic E-state index is 0.471. The molecule has 1 aliphatic carbocycles. The van der Waals surface area contributed by atoms with Gasteiger partial charge in [0.15, 0.2) is 0 Å². The maximum Gasteiger partial charge on any atom is 0.137 e. The third-order valence-corrected chi connectivity index (χ3v) is 10.0. The first-order valence-electron chi connectivity index (χ1n) is 34.5. The van der Waals surface area contributed by atoms with E-state index in [9.17, 15) is 23.3 Å². The van der Waals surface area contributed by atoms with Crippen LogP contribution < -0.4 is 4.90 Å². The second kappa shape index (κ2) is 13.0. The molecule has 1 aliphatic rings. The Kier molecular flexibility index (Phi) is 3.08. The summed E-state index contributed by atoms with van der Waals surface area (Å²) in [7, 11) is 0. The molecule has 0 amide bonds. The van der Waals surface area contributed by atoms with Crippen LogP contribution in [-0.2, 0) is 5.41 Å². The van der Waals surface area contributed by atoms with Crippen LogP contribution in [0.5, 0.6) is 0 Å². The topological polar surface area (TPSA) is 29.5 Å². The van der Waals surface area contributed by atoms with Gasteiger partial charge in [-0.15, -0.1) is 0 Å². The molecule has 0 spiro atoms. The highest BCUT2D eigenvalue weighted by Gasteiger charge is 2.46. The molecular weight excluding hydrogens is 719 g/mol. The molecule has 3 heteroatoms. The van der Waals surface area contributed by atoms with Crippen molar-refractivity contribution >= 4 is 60.9 Å². The van der Waals surface area contributed by atoms with E-state index in [1.165, 1.54) is 0 Å². The third-order valence-electron chi connectivity index (χ3n) is 10.0. The van der Waals surface area contributed by atoms with E-state index in [0.717, 1.165) is 6.92 Å². The molecule has 0 bridgehead atoms. The Balaban J connectivity index is 1.37. The van der Waals surface area contributed by atoms with Gasteiger partial charge in [-0.3, -0.25) is 0 Å². The van der Waals surface area contributed by atoms with E-state index in [1.807, 2.05) is 0 Å². The number of nitrogens with zero attached hydrogens (tertiary/aromatic N) is 1. The predicted molar refractivity (Wildman–Crippen MR) is 243 cm³/mol. The summed E-state index contributed by atoms with van der Waals surface area (Å²) >= 11 is 0. The molecule has 2 heterocycles. The van der Waals surface area contributed by atoms with Crippen molar-refractivity contribution in [3.05, 3.63) is 233 Å². The summed E-state index contributed by atoms with van der Waals surface area (Å²) in [4.78, 5) is 0.471. The monoisotopic (exact) mass is 789 g/mol. The highest BCUT2D eigenvalue weighted by Crippen LogP contribution is 2.57. The fourth-order valence-corrected chi connectivity index (χ4v) is 7.62. The summed E-state index contributed by atoms with van der Waals surface area (Å²) in [6, 6.07) is -37.2. The number of anilines is 3. The van der Waals surface area contributed by atoms with Gasteiger partial charge in [-0.2, -0.15) is 0 Å². The summed E-state index contributed by atoms with van der Waals surface area (Å²) in [5.74, 6) is 0. The van der Waals surface area contributed by atoms with E-state index in [4.69, 9.17) is 32.1 Å². The van der Waals surface area contributed by atoms with E-state index >= 15 is 0 Å². The van der Waals surface area contributed by atoms with E-state index in [-0.39, 0.29) is 0 Å². The number of rotatable bonds is 6. The van der Waals surface area contributed by atoms with Crippen molar-refractivity contribution in [2.24, 2.45) is 0 Å². The number of fused-ring (bicyclic) bond motifs is 9. The molecule has 12 rings (SSSR count). The molecule has 0 radical (unpaired) electrons. The van der Waals surface area contributed by atoms with Crippen LogP contribution in [0, 0.1) is 6.92 Å². The van der Waals surface area contributed by atoms with Crippen LogP contribution in [-0.4, -0.2) is 0 Å². The standard InChI is InChI=1S/C56H37NO2/c1-36-34-37(41-24-14-30-52-54(41)44-22-7-11-28-50(44)58-52)32-33-48(36)57(49-27-15-31-53-55(49)45-23-8-12-29-51(45)59-53)40-19-13-18-39(35-40)56(38-16-3-2-4-17-38)46-25-9-5-20-42(46)43-21-6-10-26-47(43)56/h2-35H,1H3/i2D,3D,4D,5D,6D,7D,8D,9D,10D,11D,12D,13D,14D,15D,16D,17D,18D,19D,20D,21D,22D,23D,24D,25D,26D,27D,28D,29D,30D,31D,32D,33D,34D,35D. The van der Waals surface area contributed by atoms with Gasteiger partial charge in [-0.25, -0.2) is 0 Å². The zero-order valence-electron chi connectivity index (χ0n) is 63.8.